The molecule has 0 unspecified atom stereocenters. The maximum Gasteiger partial charge on any atom is 0.416 e. The van der Waals surface area contributed by atoms with Crippen molar-refractivity contribution in [3.63, 3.8) is 0 Å². The fourth-order valence-electron chi connectivity index (χ4n) is 2.33. The van der Waals surface area contributed by atoms with Gasteiger partial charge in [0.05, 0.1) is 16.9 Å². The van der Waals surface area contributed by atoms with Crippen LogP contribution in [0.2, 0.25) is 0 Å². The van der Waals surface area contributed by atoms with Crippen molar-refractivity contribution in [2.45, 2.75) is 17.5 Å². The molecule has 0 spiro atoms. The summed E-state index contributed by atoms with van der Waals surface area (Å²) < 4.78 is 64.4. The van der Waals surface area contributed by atoms with E-state index in [0.29, 0.717) is 23.4 Å². The van der Waals surface area contributed by atoms with Gasteiger partial charge in [-0.05, 0) is 48.0 Å². The molecule has 1 heterocycles. The molecule has 1 aliphatic heterocycles. The quantitative estimate of drug-likeness (QED) is 0.888. The van der Waals surface area contributed by atoms with Crippen LogP contribution in [0.1, 0.15) is 11.1 Å². The normalized spacial score (nSPS) is 14.2. The second kappa shape index (κ2) is 5.52. The van der Waals surface area contributed by atoms with Gasteiger partial charge in [-0.15, -0.1) is 0 Å². The zero-order valence-electron chi connectivity index (χ0n) is 12.0. The molecule has 2 aromatic carbocycles. The summed E-state index contributed by atoms with van der Waals surface area (Å²) in [6.07, 6.45) is -4.39. The Morgan fingerprint density at radius 3 is 2.33 bits per heavy atom. The first-order chi connectivity index (χ1) is 11.1. The largest absolute Gasteiger partial charge is 0.416 e. The summed E-state index contributed by atoms with van der Waals surface area (Å²) in [6.45, 7) is 0. The fraction of sp³-hybridized carbons (Fsp3) is 0.133. The summed E-state index contributed by atoms with van der Waals surface area (Å²) in [4.78, 5) is 11.0. The number of sulfonamides is 1. The molecule has 0 aliphatic carbocycles. The third kappa shape index (κ3) is 3.21. The number of rotatable bonds is 3. The fourth-order valence-corrected chi connectivity index (χ4v) is 3.38. The predicted octanol–water partition coefficient (Wildman–Crippen LogP) is 3.00. The Morgan fingerprint density at radius 1 is 1.04 bits per heavy atom. The first kappa shape index (κ1) is 16.3. The number of anilines is 2. The van der Waals surface area contributed by atoms with Crippen LogP contribution >= 0.6 is 0 Å². The van der Waals surface area contributed by atoms with Gasteiger partial charge in [-0.3, -0.25) is 9.52 Å². The molecule has 2 N–H and O–H groups in total. The molecule has 0 saturated heterocycles. The van der Waals surface area contributed by atoms with Crippen LogP contribution in [0.4, 0.5) is 24.5 Å². The van der Waals surface area contributed by atoms with E-state index < -0.39 is 21.8 Å². The molecular formula is C15H11F3N2O3S. The van der Waals surface area contributed by atoms with Crippen LogP contribution in [-0.4, -0.2) is 14.3 Å². The van der Waals surface area contributed by atoms with E-state index in [1.165, 1.54) is 12.1 Å². The highest BCUT2D eigenvalue weighted by Crippen LogP contribution is 2.30. The zero-order chi connectivity index (χ0) is 17.5. The van der Waals surface area contributed by atoms with E-state index in [-0.39, 0.29) is 22.9 Å². The lowest BCUT2D eigenvalue weighted by Crippen LogP contribution is -2.13. The number of benzene rings is 2. The lowest BCUT2D eigenvalue weighted by Gasteiger charge is -2.11. The highest BCUT2D eigenvalue weighted by atomic mass is 32.2. The average Bonchev–Trinajstić information content (AvgIpc) is 2.85. The third-order valence-electron chi connectivity index (χ3n) is 3.47. The van der Waals surface area contributed by atoms with Crippen LogP contribution in [0.15, 0.2) is 47.4 Å². The molecule has 1 amide bonds. The molecule has 0 aromatic heterocycles. The number of nitrogens with one attached hydrogen (secondary N) is 2. The highest BCUT2D eigenvalue weighted by molar-refractivity contribution is 7.92. The van der Waals surface area contributed by atoms with E-state index in [1.54, 1.807) is 6.07 Å². The predicted molar refractivity (Wildman–Crippen MR) is 81.0 cm³/mol. The van der Waals surface area contributed by atoms with Gasteiger partial charge in [0, 0.05) is 11.4 Å². The van der Waals surface area contributed by atoms with E-state index in [9.17, 15) is 26.4 Å². The lowest BCUT2D eigenvalue weighted by atomic mass is 10.1. The molecule has 24 heavy (non-hydrogen) atoms. The Hall–Kier alpha value is -2.55. The van der Waals surface area contributed by atoms with Gasteiger partial charge in [0.15, 0.2) is 0 Å². The van der Waals surface area contributed by atoms with Crippen molar-refractivity contribution >= 4 is 27.3 Å². The number of alkyl halides is 3. The number of carbonyl (C=O) groups excluding carboxylic acids is 1. The van der Waals surface area contributed by atoms with Gasteiger partial charge >= 0.3 is 6.18 Å². The minimum absolute atomic E-state index is 0.144. The van der Waals surface area contributed by atoms with Gasteiger partial charge in [-0.25, -0.2) is 8.42 Å². The maximum absolute atomic E-state index is 12.5. The lowest BCUT2D eigenvalue weighted by molar-refractivity contribution is -0.137. The van der Waals surface area contributed by atoms with E-state index in [2.05, 4.69) is 10.0 Å². The minimum atomic E-state index is -4.53. The van der Waals surface area contributed by atoms with E-state index >= 15 is 0 Å². The first-order valence-corrected chi connectivity index (χ1v) is 8.26. The Labute approximate surface area is 135 Å². The number of hydrogen-bond acceptors (Lipinski definition) is 3. The summed E-state index contributed by atoms with van der Waals surface area (Å²) in [5.41, 5.74) is 0.554. The zero-order valence-corrected chi connectivity index (χ0v) is 12.8. The van der Waals surface area contributed by atoms with Crippen molar-refractivity contribution in [2.75, 3.05) is 10.0 Å². The molecule has 1 aliphatic rings. The number of halogens is 3. The third-order valence-corrected chi connectivity index (χ3v) is 4.87. The van der Waals surface area contributed by atoms with Crippen LogP contribution in [-0.2, 0) is 27.4 Å². The van der Waals surface area contributed by atoms with Crippen LogP contribution in [0.5, 0.6) is 0 Å². The molecule has 0 radical (unpaired) electrons. The Morgan fingerprint density at radius 2 is 1.71 bits per heavy atom. The van der Waals surface area contributed by atoms with Crippen molar-refractivity contribution in [1.82, 2.24) is 0 Å². The standard InChI is InChI=1S/C15H11F3N2O3S/c16-15(17,18)10-1-4-12(5-2-10)24(22,23)20-11-3-6-13-9(7-11)8-14(21)19-13/h1-7,20H,8H2,(H,19,21). The van der Waals surface area contributed by atoms with Gasteiger partial charge in [-0.1, -0.05) is 0 Å². The molecule has 0 saturated carbocycles. The monoisotopic (exact) mass is 356 g/mol. The van der Waals surface area contributed by atoms with Gasteiger partial charge in [0.2, 0.25) is 5.91 Å². The van der Waals surface area contributed by atoms with Crippen LogP contribution in [0.25, 0.3) is 0 Å². The first-order valence-electron chi connectivity index (χ1n) is 6.78. The Bertz CT molecular complexity index is 907. The van der Waals surface area contributed by atoms with Crippen molar-refractivity contribution in [1.29, 1.82) is 0 Å². The van der Waals surface area contributed by atoms with E-state index in [1.807, 2.05) is 0 Å². The van der Waals surface area contributed by atoms with Crippen molar-refractivity contribution < 1.29 is 26.4 Å². The molecule has 3 rings (SSSR count). The van der Waals surface area contributed by atoms with Gasteiger partial charge in [0.25, 0.3) is 10.0 Å². The van der Waals surface area contributed by atoms with Gasteiger partial charge in [-0.2, -0.15) is 13.2 Å². The number of amides is 1. The molecule has 0 fully saturated rings. The van der Waals surface area contributed by atoms with Crippen LogP contribution < -0.4 is 10.0 Å². The van der Waals surface area contributed by atoms with Gasteiger partial charge in [0.1, 0.15) is 0 Å². The number of fused-ring (bicyclic) bond motifs is 1. The average molecular weight is 356 g/mol. The summed E-state index contributed by atoms with van der Waals surface area (Å²) in [7, 11) is -4.03. The molecular weight excluding hydrogens is 345 g/mol. The Balaban J connectivity index is 1.84. The molecule has 126 valence electrons. The van der Waals surface area contributed by atoms with E-state index in [0.717, 1.165) is 12.1 Å². The van der Waals surface area contributed by atoms with Crippen molar-refractivity contribution in [3.8, 4) is 0 Å². The molecule has 5 nitrogen and oxygen atoms in total. The van der Waals surface area contributed by atoms with Crippen LogP contribution in [0, 0.1) is 0 Å². The second-order valence-electron chi connectivity index (χ2n) is 5.22. The topological polar surface area (TPSA) is 75.3 Å². The van der Waals surface area contributed by atoms with Gasteiger partial charge < -0.3 is 5.32 Å². The Kier molecular flexibility index (Phi) is 3.75. The SMILES string of the molecule is O=C1Cc2cc(NS(=O)(=O)c3ccc(C(F)(F)F)cc3)ccc2N1. The summed E-state index contributed by atoms with van der Waals surface area (Å²) in [5.74, 6) is -0.187. The van der Waals surface area contributed by atoms with Crippen molar-refractivity contribution in [3.05, 3.63) is 53.6 Å². The number of hydrogen-bond donors (Lipinski definition) is 2. The smallest absolute Gasteiger partial charge is 0.326 e. The molecule has 0 bridgehead atoms. The molecule has 0 atom stereocenters. The second-order valence-corrected chi connectivity index (χ2v) is 6.91. The number of carbonyl (C=O) groups is 1. The highest BCUT2D eigenvalue weighted by Gasteiger charge is 2.30. The van der Waals surface area contributed by atoms with Crippen molar-refractivity contribution in [2.24, 2.45) is 0 Å². The van der Waals surface area contributed by atoms with Crippen LogP contribution in [0.3, 0.4) is 0 Å². The maximum atomic E-state index is 12.5. The van der Waals surface area contributed by atoms with E-state index in [4.69, 9.17) is 0 Å². The summed E-state index contributed by atoms with van der Waals surface area (Å²) >= 11 is 0. The minimum Gasteiger partial charge on any atom is -0.326 e. The summed E-state index contributed by atoms with van der Waals surface area (Å²) in [6, 6.07) is 7.73. The molecule has 2 aromatic rings. The molecule has 9 heteroatoms. The summed E-state index contributed by atoms with van der Waals surface area (Å²) in [5, 5.41) is 2.62.